The van der Waals surface area contributed by atoms with Gasteiger partial charge in [0.25, 0.3) is 0 Å². The number of fused-ring (bicyclic) bond motifs is 1. The second kappa shape index (κ2) is 5.75. The summed E-state index contributed by atoms with van der Waals surface area (Å²) in [4.78, 5) is 10.8. The average molecular weight is 334 g/mol. The molecule has 1 aliphatic heterocycles. The highest BCUT2D eigenvalue weighted by Gasteiger charge is 2.20. The Morgan fingerprint density at radius 1 is 1.09 bits per heavy atom. The molecule has 3 aromatic rings. The van der Waals surface area contributed by atoms with Crippen molar-refractivity contribution in [3.63, 3.8) is 0 Å². The second-order valence-electron chi connectivity index (χ2n) is 5.19. The van der Waals surface area contributed by atoms with E-state index in [-0.39, 0.29) is 11.1 Å². The van der Waals surface area contributed by atoms with Gasteiger partial charge in [-0.1, -0.05) is 0 Å². The molecule has 2 aromatic heterocycles. The largest absolute Gasteiger partial charge is 0.378 e. The number of morpholine rings is 1. The molecule has 1 aliphatic rings. The third kappa shape index (κ3) is 2.62. The van der Waals surface area contributed by atoms with E-state index in [4.69, 9.17) is 16.3 Å². The Balaban J connectivity index is 1.85. The number of hydrogen-bond donors (Lipinski definition) is 0. The molecule has 6 nitrogen and oxygen atoms in total. The minimum Gasteiger partial charge on any atom is -0.378 e. The second-order valence-corrected chi connectivity index (χ2v) is 5.52. The fraction of sp³-hybridized carbons (Fsp3) is 0.267. The van der Waals surface area contributed by atoms with Gasteiger partial charge in [-0.25, -0.2) is 9.07 Å². The van der Waals surface area contributed by atoms with Crippen molar-refractivity contribution in [3.8, 4) is 5.69 Å². The van der Waals surface area contributed by atoms with E-state index >= 15 is 0 Å². The van der Waals surface area contributed by atoms with Crippen LogP contribution in [0.3, 0.4) is 0 Å². The summed E-state index contributed by atoms with van der Waals surface area (Å²) in [5, 5.41) is 5.33. The first-order valence-corrected chi connectivity index (χ1v) is 7.60. The lowest BCUT2D eigenvalue weighted by Gasteiger charge is -2.28. The van der Waals surface area contributed by atoms with Crippen molar-refractivity contribution in [1.82, 2.24) is 19.7 Å². The van der Waals surface area contributed by atoms with Gasteiger partial charge in [0, 0.05) is 13.1 Å². The lowest BCUT2D eigenvalue weighted by Crippen LogP contribution is -2.36. The zero-order valence-electron chi connectivity index (χ0n) is 12.1. The highest BCUT2D eigenvalue weighted by molar-refractivity contribution is 6.28. The van der Waals surface area contributed by atoms with Gasteiger partial charge >= 0.3 is 0 Å². The number of rotatable bonds is 2. The van der Waals surface area contributed by atoms with Gasteiger partial charge in [-0.3, -0.25) is 0 Å². The Kier molecular flexibility index (Phi) is 3.59. The molecule has 0 saturated carbocycles. The Morgan fingerprint density at radius 3 is 2.57 bits per heavy atom. The maximum absolute atomic E-state index is 13.1. The van der Waals surface area contributed by atoms with Gasteiger partial charge in [-0.2, -0.15) is 15.1 Å². The molecule has 1 aromatic carbocycles. The van der Waals surface area contributed by atoms with Gasteiger partial charge in [0.05, 0.1) is 30.5 Å². The van der Waals surface area contributed by atoms with E-state index in [1.807, 2.05) is 0 Å². The maximum atomic E-state index is 13.1. The molecule has 0 bridgehead atoms. The zero-order chi connectivity index (χ0) is 15.8. The topological polar surface area (TPSA) is 56.1 Å². The molecule has 0 unspecified atom stereocenters. The first-order chi connectivity index (χ1) is 11.2. The Morgan fingerprint density at radius 2 is 1.83 bits per heavy atom. The first kappa shape index (κ1) is 14.3. The van der Waals surface area contributed by atoms with Crippen LogP contribution in [0.1, 0.15) is 0 Å². The van der Waals surface area contributed by atoms with E-state index < -0.39 is 0 Å². The number of halogens is 2. The standard InChI is InChI=1S/C15H13ClFN5O/c16-15-19-13(21-5-7-23-8-6-21)12-9-18-22(14(12)20-15)11-3-1-10(17)2-4-11/h1-4,9H,5-8H2. The molecule has 4 rings (SSSR count). The van der Waals surface area contributed by atoms with E-state index in [0.717, 1.165) is 24.3 Å². The lowest BCUT2D eigenvalue weighted by atomic mass is 10.3. The van der Waals surface area contributed by atoms with Crippen LogP contribution < -0.4 is 4.90 Å². The normalized spacial score (nSPS) is 15.3. The quantitative estimate of drug-likeness (QED) is 0.674. The van der Waals surface area contributed by atoms with E-state index in [2.05, 4.69) is 20.0 Å². The van der Waals surface area contributed by atoms with Crippen LogP contribution in [-0.4, -0.2) is 46.1 Å². The molecule has 1 fully saturated rings. The molecule has 23 heavy (non-hydrogen) atoms. The number of aromatic nitrogens is 4. The summed E-state index contributed by atoms with van der Waals surface area (Å²) in [6, 6.07) is 6.06. The van der Waals surface area contributed by atoms with E-state index in [0.29, 0.717) is 24.5 Å². The first-order valence-electron chi connectivity index (χ1n) is 7.22. The van der Waals surface area contributed by atoms with Crippen LogP contribution in [0.2, 0.25) is 5.28 Å². The summed E-state index contributed by atoms with van der Waals surface area (Å²) in [5.41, 5.74) is 1.31. The molecule has 3 heterocycles. The number of benzene rings is 1. The Labute approximate surface area is 136 Å². The smallest absolute Gasteiger partial charge is 0.226 e. The van der Waals surface area contributed by atoms with Gasteiger partial charge in [0.15, 0.2) is 5.65 Å². The molecule has 0 aliphatic carbocycles. The van der Waals surface area contributed by atoms with Crippen LogP contribution in [0.25, 0.3) is 16.7 Å². The van der Waals surface area contributed by atoms with Crippen LogP contribution in [0, 0.1) is 5.82 Å². The van der Waals surface area contributed by atoms with E-state index in [1.54, 1.807) is 23.0 Å². The molecular weight excluding hydrogens is 321 g/mol. The van der Waals surface area contributed by atoms with Crippen LogP contribution >= 0.6 is 11.6 Å². The number of hydrogen-bond acceptors (Lipinski definition) is 5. The van der Waals surface area contributed by atoms with Crippen LogP contribution in [0.4, 0.5) is 10.2 Å². The van der Waals surface area contributed by atoms with Gasteiger partial charge in [-0.05, 0) is 35.9 Å². The van der Waals surface area contributed by atoms with Crippen molar-refractivity contribution in [2.75, 3.05) is 31.2 Å². The van der Waals surface area contributed by atoms with Crippen molar-refractivity contribution < 1.29 is 9.13 Å². The minimum absolute atomic E-state index is 0.155. The number of nitrogens with zero attached hydrogens (tertiary/aromatic N) is 5. The maximum Gasteiger partial charge on any atom is 0.226 e. The predicted octanol–water partition coefficient (Wildman–Crippen LogP) is 2.44. The molecule has 0 atom stereocenters. The third-order valence-electron chi connectivity index (χ3n) is 3.76. The molecule has 0 amide bonds. The molecule has 0 radical (unpaired) electrons. The number of anilines is 1. The molecule has 118 valence electrons. The molecule has 0 N–H and O–H groups in total. The SMILES string of the molecule is Fc1ccc(-n2ncc3c(N4CCOCC4)nc(Cl)nc32)cc1. The van der Waals surface area contributed by atoms with Gasteiger partial charge in [0.1, 0.15) is 11.6 Å². The number of ether oxygens (including phenoxy) is 1. The van der Waals surface area contributed by atoms with Crippen molar-refractivity contribution in [2.24, 2.45) is 0 Å². The fourth-order valence-electron chi connectivity index (χ4n) is 2.65. The molecule has 1 saturated heterocycles. The Hall–Kier alpha value is -2.25. The van der Waals surface area contributed by atoms with Crippen molar-refractivity contribution in [1.29, 1.82) is 0 Å². The van der Waals surface area contributed by atoms with Gasteiger partial charge < -0.3 is 9.64 Å². The van der Waals surface area contributed by atoms with E-state index in [1.165, 1.54) is 12.1 Å². The Bertz CT molecular complexity index is 845. The van der Waals surface area contributed by atoms with Crippen molar-refractivity contribution in [3.05, 3.63) is 41.6 Å². The molecule has 8 heteroatoms. The summed E-state index contributed by atoms with van der Waals surface area (Å²) in [6.45, 7) is 2.78. The van der Waals surface area contributed by atoms with Crippen molar-refractivity contribution >= 4 is 28.5 Å². The predicted molar refractivity (Wildman–Crippen MR) is 84.7 cm³/mol. The summed E-state index contributed by atoms with van der Waals surface area (Å²) in [6.07, 6.45) is 1.71. The average Bonchev–Trinajstić information content (AvgIpc) is 2.99. The minimum atomic E-state index is -0.299. The van der Waals surface area contributed by atoms with Crippen LogP contribution in [-0.2, 0) is 4.74 Å². The summed E-state index contributed by atoms with van der Waals surface area (Å²) in [5.74, 6) is 0.448. The van der Waals surface area contributed by atoms with Crippen molar-refractivity contribution in [2.45, 2.75) is 0 Å². The summed E-state index contributed by atoms with van der Waals surface area (Å²) >= 11 is 6.10. The summed E-state index contributed by atoms with van der Waals surface area (Å²) in [7, 11) is 0. The molecule has 0 spiro atoms. The fourth-order valence-corrected chi connectivity index (χ4v) is 2.81. The van der Waals surface area contributed by atoms with Gasteiger partial charge in [0.2, 0.25) is 5.28 Å². The highest BCUT2D eigenvalue weighted by atomic mass is 35.5. The lowest BCUT2D eigenvalue weighted by molar-refractivity contribution is 0.122. The monoisotopic (exact) mass is 333 g/mol. The van der Waals surface area contributed by atoms with Crippen LogP contribution in [0.5, 0.6) is 0 Å². The zero-order valence-corrected chi connectivity index (χ0v) is 12.9. The van der Waals surface area contributed by atoms with E-state index in [9.17, 15) is 4.39 Å². The third-order valence-corrected chi connectivity index (χ3v) is 3.93. The molecular formula is C15H13ClFN5O. The van der Waals surface area contributed by atoms with Gasteiger partial charge in [-0.15, -0.1) is 0 Å². The summed E-state index contributed by atoms with van der Waals surface area (Å²) < 4.78 is 20.1. The highest BCUT2D eigenvalue weighted by Crippen LogP contribution is 2.27. The van der Waals surface area contributed by atoms with Crippen LogP contribution in [0.15, 0.2) is 30.5 Å².